The van der Waals surface area contributed by atoms with Gasteiger partial charge in [-0.2, -0.15) is 0 Å². The average Bonchev–Trinajstić information content (AvgIpc) is 2.11. The molecule has 1 fully saturated rings. The zero-order valence-corrected chi connectivity index (χ0v) is 8.12. The quantitative estimate of drug-likeness (QED) is 0.485. The van der Waals surface area contributed by atoms with Crippen LogP contribution in [0.5, 0.6) is 0 Å². The van der Waals surface area contributed by atoms with E-state index in [0.29, 0.717) is 12.8 Å². The zero-order chi connectivity index (χ0) is 10.1. The Balaban J connectivity index is 2.59. The van der Waals surface area contributed by atoms with Crippen molar-refractivity contribution < 1.29 is 19.0 Å². The lowest BCUT2D eigenvalue weighted by Gasteiger charge is -2.49. The molecule has 0 unspecified atom stereocenters. The molecule has 0 radical (unpaired) electrons. The van der Waals surface area contributed by atoms with Crippen molar-refractivity contribution >= 4 is 5.97 Å². The molecule has 0 aromatic rings. The first-order chi connectivity index (χ1) is 6.02. The largest absolute Gasteiger partial charge is 0.468 e. The van der Waals surface area contributed by atoms with E-state index in [0.717, 1.165) is 0 Å². The molecule has 0 aromatic heterocycles. The second-order valence-electron chi connectivity index (χ2n) is 3.32. The van der Waals surface area contributed by atoms with Crippen molar-refractivity contribution in [1.29, 1.82) is 0 Å². The number of hydrogen-bond donors (Lipinski definition) is 1. The standard InChI is InChI=1S/C8H15NO4/c1-11-6(10)7(9)4-8(5-7,12-2)13-3/h4-5,9H2,1-3H3. The summed E-state index contributed by atoms with van der Waals surface area (Å²) in [7, 11) is 4.37. The molecule has 0 heterocycles. The highest BCUT2D eigenvalue weighted by Gasteiger charge is 2.59. The number of carbonyl (C=O) groups excluding carboxylic acids is 1. The average molecular weight is 189 g/mol. The summed E-state index contributed by atoms with van der Waals surface area (Å²) >= 11 is 0. The monoisotopic (exact) mass is 189 g/mol. The summed E-state index contributed by atoms with van der Waals surface area (Å²) in [5, 5.41) is 0. The molecule has 0 aromatic carbocycles. The van der Waals surface area contributed by atoms with Gasteiger partial charge in [0.15, 0.2) is 5.79 Å². The first kappa shape index (κ1) is 10.4. The van der Waals surface area contributed by atoms with Crippen LogP contribution in [-0.4, -0.2) is 38.6 Å². The molecule has 0 atom stereocenters. The Labute approximate surface area is 77.1 Å². The van der Waals surface area contributed by atoms with Crippen LogP contribution in [0.4, 0.5) is 0 Å². The van der Waals surface area contributed by atoms with E-state index < -0.39 is 17.3 Å². The van der Waals surface area contributed by atoms with Crippen molar-refractivity contribution in [3.05, 3.63) is 0 Å². The minimum atomic E-state index is -0.944. The van der Waals surface area contributed by atoms with Gasteiger partial charge in [-0.25, -0.2) is 0 Å². The lowest BCUT2D eigenvalue weighted by Crippen LogP contribution is -2.68. The molecule has 0 bridgehead atoms. The van der Waals surface area contributed by atoms with Gasteiger partial charge in [0.05, 0.1) is 7.11 Å². The van der Waals surface area contributed by atoms with E-state index in [1.54, 1.807) is 0 Å². The highest BCUT2D eigenvalue weighted by atomic mass is 16.7. The van der Waals surface area contributed by atoms with Gasteiger partial charge >= 0.3 is 5.97 Å². The maximum atomic E-state index is 11.2. The molecule has 5 heteroatoms. The lowest BCUT2D eigenvalue weighted by atomic mass is 9.72. The number of ether oxygens (including phenoxy) is 3. The van der Waals surface area contributed by atoms with E-state index in [2.05, 4.69) is 4.74 Å². The number of hydrogen-bond acceptors (Lipinski definition) is 5. The van der Waals surface area contributed by atoms with Crippen LogP contribution in [0, 0.1) is 0 Å². The highest BCUT2D eigenvalue weighted by molar-refractivity contribution is 5.82. The van der Waals surface area contributed by atoms with E-state index >= 15 is 0 Å². The Morgan fingerprint density at radius 1 is 1.23 bits per heavy atom. The Hall–Kier alpha value is -0.650. The summed E-state index contributed by atoms with van der Waals surface area (Å²) in [6.45, 7) is 0. The predicted octanol–water partition coefficient (Wildman–Crippen LogP) is -0.360. The second kappa shape index (κ2) is 3.25. The van der Waals surface area contributed by atoms with E-state index in [1.165, 1.54) is 21.3 Å². The van der Waals surface area contributed by atoms with Gasteiger partial charge in [-0.05, 0) is 0 Å². The molecule has 0 aliphatic heterocycles. The number of esters is 1. The summed E-state index contributed by atoms with van der Waals surface area (Å²) in [4.78, 5) is 11.2. The topological polar surface area (TPSA) is 70.8 Å². The normalized spacial score (nSPS) is 23.4. The van der Waals surface area contributed by atoms with Crippen LogP contribution in [0.3, 0.4) is 0 Å². The molecular weight excluding hydrogens is 174 g/mol. The number of rotatable bonds is 3. The number of carbonyl (C=O) groups is 1. The fourth-order valence-electron chi connectivity index (χ4n) is 1.63. The third-order valence-corrected chi connectivity index (χ3v) is 2.51. The summed E-state index contributed by atoms with van der Waals surface area (Å²) in [5.41, 5.74) is 4.81. The molecule has 76 valence electrons. The van der Waals surface area contributed by atoms with Crippen molar-refractivity contribution in [1.82, 2.24) is 0 Å². The van der Waals surface area contributed by atoms with Gasteiger partial charge in [0.25, 0.3) is 0 Å². The maximum Gasteiger partial charge on any atom is 0.326 e. The van der Waals surface area contributed by atoms with Crippen molar-refractivity contribution in [2.45, 2.75) is 24.2 Å². The van der Waals surface area contributed by atoms with Crippen molar-refractivity contribution in [2.24, 2.45) is 5.73 Å². The lowest BCUT2D eigenvalue weighted by molar-refractivity contribution is -0.275. The van der Waals surface area contributed by atoms with Gasteiger partial charge in [-0.3, -0.25) is 4.79 Å². The summed E-state index contributed by atoms with van der Waals surface area (Å²) in [6.07, 6.45) is 0.666. The third kappa shape index (κ3) is 1.54. The third-order valence-electron chi connectivity index (χ3n) is 2.51. The van der Waals surface area contributed by atoms with E-state index in [9.17, 15) is 4.79 Å². The van der Waals surface area contributed by atoms with Crippen LogP contribution in [0.25, 0.3) is 0 Å². The Bertz CT molecular complexity index is 204. The van der Waals surface area contributed by atoms with Crippen molar-refractivity contribution in [3.63, 3.8) is 0 Å². The van der Waals surface area contributed by atoms with Crippen LogP contribution < -0.4 is 5.73 Å². The second-order valence-corrected chi connectivity index (χ2v) is 3.32. The van der Waals surface area contributed by atoms with E-state index in [1.807, 2.05) is 0 Å². The van der Waals surface area contributed by atoms with Gasteiger partial charge in [-0.15, -0.1) is 0 Å². The fourth-order valence-corrected chi connectivity index (χ4v) is 1.63. The molecule has 5 nitrogen and oxygen atoms in total. The van der Waals surface area contributed by atoms with Crippen LogP contribution in [0.1, 0.15) is 12.8 Å². The molecule has 13 heavy (non-hydrogen) atoms. The molecule has 1 saturated carbocycles. The Morgan fingerprint density at radius 3 is 2.00 bits per heavy atom. The molecular formula is C8H15NO4. The smallest absolute Gasteiger partial charge is 0.326 e. The molecule has 1 aliphatic rings. The highest BCUT2D eigenvalue weighted by Crippen LogP contribution is 2.43. The van der Waals surface area contributed by atoms with Gasteiger partial charge in [0.1, 0.15) is 5.54 Å². The SMILES string of the molecule is COC(=O)C1(N)CC(OC)(OC)C1. The maximum absolute atomic E-state index is 11.2. The molecule has 1 aliphatic carbocycles. The predicted molar refractivity (Wildman–Crippen MR) is 44.9 cm³/mol. The first-order valence-corrected chi connectivity index (χ1v) is 3.99. The van der Waals surface area contributed by atoms with Gasteiger partial charge in [-0.1, -0.05) is 0 Å². The zero-order valence-electron chi connectivity index (χ0n) is 8.12. The van der Waals surface area contributed by atoms with Gasteiger partial charge < -0.3 is 19.9 Å². The molecule has 1 rings (SSSR count). The number of methoxy groups -OCH3 is 3. The van der Waals surface area contributed by atoms with E-state index in [4.69, 9.17) is 15.2 Å². The van der Waals surface area contributed by atoms with Crippen LogP contribution in [0.2, 0.25) is 0 Å². The molecule has 0 amide bonds. The molecule has 2 N–H and O–H groups in total. The van der Waals surface area contributed by atoms with Crippen molar-refractivity contribution in [3.8, 4) is 0 Å². The fraction of sp³-hybridized carbons (Fsp3) is 0.875. The number of nitrogens with two attached hydrogens (primary N) is 1. The van der Waals surface area contributed by atoms with Crippen LogP contribution in [-0.2, 0) is 19.0 Å². The molecule has 0 saturated heterocycles. The van der Waals surface area contributed by atoms with Gasteiger partial charge in [0.2, 0.25) is 0 Å². The molecule has 0 spiro atoms. The van der Waals surface area contributed by atoms with Gasteiger partial charge in [0, 0.05) is 27.1 Å². The van der Waals surface area contributed by atoms with Crippen LogP contribution in [0.15, 0.2) is 0 Å². The first-order valence-electron chi connectivity index (χ1n) is 3.99. The summed E-state index contributed by atoms with van der Waals surface area (Å²) in [6, 6.07) is 0. The minimum absolute atomic E-state index is 0.333. The summed E-state index contributed by atoms with van der Waals surface area (Å²) < 4.78 is 14.8. The Kier molecular flexibility index (Phi) is 2.61. The van der Waals surface area contributed by atoms with E-state index in [-0.39, 0.29) is 0 Å². The van der Waals surface area contributed by atoms with Crippen molar-refractivity contribution in [2.75, 3.05) is 21.3 Å². The minimum Gasteiger partial charge on any atom is -0.468 e. The van der Waals surface area contributed by atoms with Crippen LogP contribution >= 0.6 is 0 Å². The Morgan fingerprint density at radius 2 is 1.69 bits per heavy atom. The summed E-state index contributed by atoms with van der Waals surface area (Å²) in [5.74, 6) is -1.12.